The van der Waals surface area contributed by atoms with Gasteiger partial charge in [0.05, 0.1) is 0 Å². The van der Waals surface area contributed by atoms with E-state index >= 15 is 0 Å². The number of hydrogen-bond donors (Lipinski definition) is 0. The van der Waals surface area contributed by atoms with Crippen LogP contribution in [0.2, 0.25) is 0 Å². The molecule has 0 aromatic heterocycles. The number of aryl methyl sites for hydroxylation is 1. The first-order valence-electron chi connectivity index (χ1n) is 17.0. The van der Waals surface area contributed by atoms with Gasteiger partial charge in [-0.2, -0.15) is 74.6 Å². The Morgan fingerprint density at radius 3 is 1.31 bits per heavy atom. The molecule has 2 saturated carbocycles. The van der Waals surface area contributed by atoms with Crippen molar-refractivity contribution in [2.75, 3.05) is 0 Å². The Bertz CT molecular complexity index is 1320. The normalized spacial score (nSPS) is 23.5. The van der Waals surface area contributed by atoms with Gasteiger partial charge in [-0.15, -0.1) is 0 Å². The van der Waals surface area contributed by atoms with E-state index in [9.17, 15) is 79.4 Å². The lowest BCUT2D eigenvalue weighted by Gasteiger charge is -2.42. The van der Waals surface area contributed by atoms with Gasteiger partial charge in [-0.3, -0.25) is 4.79 Å². The van der Waals surface area contributed by atoms with Gasteiger partial charge in [0.1, 0.15) is 0 Å². The number of alkyl halides is 17. The number of ketones is 1. The number of hydrogen-bond acceptors (Lipinski definition) is 1. The summed E-state index contributed by atoms with van der Waals surface area (Å²) in [6.07, 6.45) is 6.71. The fourth-order valence-electron chi connectivity index (χ4n) is 7.26. The topological polar surface area (TPSA) is 17.1 Å². The second-order valence-electron chi connectivity index (χ2n) is 14.1. The Labute approximate surface area is 289 Å². The fourth-order valence-corrected chi connectivity index (χ4v) is 7.26. The molecular weight excluding hydrogens is 747 g/mol. The van der Waals surface area contributed by atoms with Crippen molar-refractivity contribution in [2.45, 2.75) is 144 Å². The smallest absolute Gasteiger partial charge is 0.287 e. The molecule has 1 nitrogen and oxygen atoms in total. The summed E-state index contributed by atoms with van der Waals surface area (Å²) in [6.45, 7) is 2.17. The zero-order valence-corrected chi connectivity index (χ0v) is 27.9. The van der Waals surface area contributed by atoms with Gasteiger partial charge in [0, 0.05) is 5.56 Å². The first-order valence-corrected chi connectivity index (χ1v) is 17.0. The number of unbranched alkanes of at least 4 members (excludes halogenated alkanes) is 2. The molecule has 0 spiro atoms. The van der Waals surface area contributed by atoms with E-state index in [1.54, 1.807) is 0 Å². The predicted molar refractivity (Wildman–Crippen MR) is 155 cm³/mol. The van der Waals surface area contributed by atoms with Gasteiger partial charge >= 0.3 is 47.6 Å². The standard InChI is InChI=1S/C34H39F17O/c1-2-3-4-5-20-8-14-23(15-9-20)24-16-10-21(11-17-24)6-7-22-12-18-25(19-13-22)26(52)27(35,36)28(37,38)29(39,40)30(41,42)31(43,44)32(45,46)33(47,48)34(49,50)51/h12-13,18-21,23-24H,2-11,14-17H2,1H3/t20-,21?,23-,24?. The van der Waals surface area contributed by atoms with Crippen LogP contribution in [0.5, 0.6) is 0 Å². The number of halogens is 17. The molecule has 0 amide bonds. The Balaban J connectivity index is 1.64. The molecule has 300 valence electrons. The van der Waals surface area contributed by atoms with Crippen LogP contribution >= 0.6 is 0 Å². The maximum atomic E-state index is 14.5. The van der Waals surface area contributed by atoms with Crippen molar-refractivity contribution < 1.29 is 79.4 Å². The van der Waals surface area contributed by atoms with Crippen molar-refractivity contribution in [1.29, 1.82) is 0 Å². The Kier molecular flexibility index (Phi) is 13.1. The lowest BCUT2D eigenvalue weighted by molar-refractivity contribution is -0.459. The Morgan fingerprint density at radius 1 is 0.519 bits per heavy atom. The second kappa shape index (κ2) is 15.4. The van der Waals surface area contributed by atoms with Gasteiger partial charge in [0.15, 0.2) is 0 Å². The minimum absolute atomic E-state index is 0.274. The maximum Gasteiger partial charge on any atom is 0.460 e. The van der Waals surface area contributed by atoms with Gasteiger partial charge in [0.25, 0.3) is 0 Å². The molecule has 2 aliphatic rings. The van der Waals surface area contributed by atoms with E-state index in [1.807, 2.05) is 0 Å². The van der Waals surface area contributed by atoms with Crippen LogP contribution in [-0.2, 0) is 6.42 Å². The van der Waals surface area contributed by atoms with Crippen LogP contribution in [0.25, 0.3) is 0 Å². The third-order valence-electron chi connectivity index (χ3n) is 10.7. The minimum Gasteiger partial charge on any atom is -0.287 e. The molecule has 2 aliphatic carbocycles. The number of benzene rings is 1. The van der Waals surface area contributed by atoms with E-state index in [4.69, 9.17) is 0 Å². The first kappa shape index (κ1) is 44.1. The van der Waals surface area contributed by atoms with Crippen LogP contribution in [-0.4, -0.2) is 53.4 Å². The zero-order chi connectivity index (χ0) is 39.8. The molecular formula is C34H39F17O. The number of carbonyl (C=O) groups is 1. The zero-order valence-electron chi connectivity index (χ0n) is 27.9. The molecule has 2 fully saturated rings. The quantitative estimate of drug-likeness (QED) is 0.0927. The maximum absolute atomic E-state index is 14.5. The van der Waals surface area contributed by atoms with Gasteiger partial charge in [-0.05, 0) is 67.8 Å². The SMILES string of the molecule is CCCCC[C@H]1CC[C@H](C2CCC(CCc3ccc(C(=O)C(F)(F)C(F)(F)C(F)(F)C(F)(F)C(F)(F)C(F)(F)C(F)(F)C(F)(F)F)cc3)CC2)CC1. The average Bonchev–Trinajstić information content (AvgIpc) is 3.07. The van der Waals surface area contributed by atoms with Crippen LogP contribution in [0.3, 0.4) is 0 Å². The third-order valence-corrected chi connectivity index (χ3v) is 10.7. The first-order chi connectivity index (χ1) is 23.6. The Hall–Kier alpha value is -2.30. The molecule has 1 aromatic rings. The molecule has 52 heavy (non-hydrogen) atoms. The number of Topliss-reactive ketones (excluding diaryl/α,β-unsaturated/α-hetero) is 1. The number of rotatable bonds is 16. The molecule has 0 saturated heterocycles. The lowest BCUT2D eigenvalue weighted by atomic mass is 9.68. The highest BCUT2D eigenvalue weighted by Gasteiger charge is 2.95. The predicted octanol–water partition coefficient (Wildman–Crippen LogP) is 13.0. The summed E-state index contributed by atoms with van der Waals surface area (Å²) < 4.78 is 231. The van der Waals surface area contributed by atoms with E-state index < -0.39 is 59.0 Å². The van der Waals surface area contributed by atoms with Crippen LogP contribution < -0.4 is 0 Å². The monoisotopic (exact) mass is 786 g/mol. The molecule has 1 aromatic carbocycles. The second-order valence-corrected chi connectivity index (χ2v) is 14.1. The summed E-state index contributed by atoms with van der Waals surface area (Å²) >= 11 is 0. The highest BCUT2D eigenvalue weighted by molar-refractivity contribution is 6.02. The molecule has 3 rings (SSSR count). The van der Waals surface area contributed by atoms with Crippen molar-refractivity contribution in [3.05, 3.63) is 35.4 Å². The van der Waals surface area contributed by atoms with Crippen LogP contribution in [0.4, 0.5) is 74.6 Å². The highest BCUT2D eigenvalue weighted by Crippen LogP contribution is 2.64. The average molecular weight is 787 g/mol. The van der Waals surface area contributed by atoms with Crippen molar-refractivity contribution in [3.63, 3.8) is 0 Å². The molecule has 0 aliphatic heterocycles. The molecule has 0 unspecified atom stereocenters. The molecule has 0 atom stereocenters. The molecule has 0 bridgehead atoms. The van der Waals surface area contributed by atoms with Crippen LogP contribution in [0.1, 0.15) is 106 Å². The fraction of sp³-hybridized carbons (Fsp3) is 0.794. The van der Waals surface area contributed by atoms with E-state index in [2.05, 4.69) is 6.92 Å². The summed E-state index contributed by atoms with van der Waals surface area (Å²) in [5, 5.41) is 0. The summed E-state index contributed by atoms with van der Waals surface area (Å²) in [6, 6.07) is 2.68. The van der Waals surface area contributed by atoms with Gasteiger partial charge in [-0.1, -0.05) is 82.6 Å². The summed E-state index contributed by atoms with van der Waals surface area (Å²) in [4.78, 5) is 12.2. The van der Waals surface area contributed by atoms with Crippen LogP contribution in [0.15, 0.2) is 24.3 Å². The summed E-state index contributed by atoms with van der Waals surface area (Å²) in [5.41, 5.74) is -1.20. The number of carbonyl (C=O) groups excluding carboxylic acids is 1. The van der Waals surface area contributed by atoms with E-state index in [-0.39, 0.29) is 12.3 Å². The van der Waals surface area contributed by atoms with E-state index in [0.717, 1.165) is 43.7 Å². The van der Waals surface area contributed by atoms with E-state index in [1.165, 1.54) is 51.4 Å². The van der Waals surface area contributed by atoms with E-state index in [0.29, 0.717) is 36.0 Å². The Morgan fingerprint density at radius 2 is 0.904 bits per heavy atom. The van der Waals surface area contributed by atoms with Gasteiger partial charge < -0.3 is 0 Å². The molecule has 0 heterocycles. The molecule has 0 radical (unpaired) electrons. The van der Waals surface area contributed by atoms with Crippen molar-refractivity contribution >= 4 is 5.78 Å². The highest BCUT2D eigenvalue weighted by atomic mass is 19.4. The molecule has 18 heteroatoms. The molecule has 0 N–H and O–H groups in total. The lowest BCUT2D eigenvalue weighted by Crippen LogP contribution is -2.75. The van der Waals surface area contributed by atoms with Crippen molar-refractivity contribution in [2.24, 2.45) is 23.7 Å². The largest absolute Gasteiger partial charge is 0.460 e. The van der Waals surface area contributed by atoms with Crippen molar-refractivity contribution in [3.8, 4) is 0 Å². The van der Waals surface area contributed by atoms with Gasteiger partial charge in [0.2, 0.25) is 5.78 Å². The summed E-state index contributed by atoms with van der Waals surface area (Å²) in [5.74, 6) is -59.0. The van der Waals surface area contributed by atoms with Crippen molar-refractivity contribution in [1.82, 2.24) is 0 Å². The summed E-state index contributed by atoms with van der Waals surface area (Å²) in [7, 11) is 0. The minimum atomic E-state index is -8.74. The van der Waals surface area contributed by atoms with Crippen LogP contribution in [0, 0.1) is 23.7 Å². The van der Waals surface area contributed by atoms with Gasteiger partial charge in [-0.25, -0.2) is 0 Å². The third kappa shape index (κ3) is 7.91.